The van der Waals surface area contributed by atoms with Crippen LogP contribution in [-0.2, 0) is 6.54 Å². The van der Waals surface area contributed by atoms with Gasteiger partial charge in [-0.3, -0.25) is 4.79 Å². The van der Waals surface area contributed by atoms with Crippen LogP contribution in [0.25, 0.3) is 10.9 Å². The number of aromatic nitrogens is 1. The van der Waals surface area contributed by atoms with Crippen LogP contribution in [0.5, 0.6) is 5.75 Å². The summed E-state index contributed by atoms with van der Waals surface area (Å²) in [7, 11) is 0. The second-order valence-corrected chi connectivity index (χ2v) is 5.08. The van der Waals surface area contributed by atoms with Crippen LogP contribution in [0.4, 0.5) is 0 Å². The Morgan fingerprint density at radius 3 is 2.43 bits per heavy atom. The number of para-hydroxylation sites is 1. The molecule has 0 bridgehead atoms. The van der Waals surface area contributed by atoms with Crippen LogP contribution in [0.2, 0.25) is 0 Å². The largest absolute Gasteiger partial charge is 1.00 e. The van der Waals surface area contributed by atoms with Gasteiger partial charge in [-0.05, 0) is 43.3 Å². The van der Waals surface area contributed by atoms with E-state index in [1.165, 1.54) is 0 Å². The minimum Gasteiger partial charge on any atom is -1.00 e. The van der Waals surface area contributed by atoms with E-state index < -0.39 is 0 Å². The number of halogens is 1. The maximum Gasteiger partial charge on any atom is 0.227 e. The number of benzene rings is 2. The van der Waals surface area contributed by atoms with Crippen LogP contribution in [0, 0.1) is 0 Å². The van der Waals surface area contributed by atoms with Crippen LogP contribution >= 0.6 is 0 Å². The van der Waals surface area contributed by atoms with E-state index in [2.05, 4.69) is 0 Å². The van der Waals surface area contributed by atoms with E-state index in [-0.39, 0.29) is 22.8 Å². The molecule has 0 aliphatic rings. The molecule has 0 radical (unpaired) electrons. The van der Waals surface area contributed by atoms with Gasteiger partial charge in [0.2, 0.25) is 17.8 Å². The molecule has 118 valence electrons. The smallest absolute Gasteiger partial charge is 0.227 e. The molecule has 23 heavy (non-hydrogen) atoms. The average molecular weight is 372 g/mol. The summed E-state index contributed by atoms with van der Waals surface area (Å²) in [5.41, 5.74) is 1.76. The monoisotopic (exact) mass is 371 g/mol. The van der Waals surface area contributed by atoms with Gasteiger partial charge in [0.15, 0.2) is 6.20 Å². The number of rotatable bonds is 5. The van der Waals surface area contributed by atoms with Crippen LogP contribution in [0.15, 0.2) is 66.9 Å². The Morgan fingerprint density at radius 1 is 1.00 bits per heavy atom. The zero-order valence-corrected chi connectivity index (χ0v) is 14.5. The van der Waals surface area contributed by atoms with Gasteiger partial charge in [-0.1, -0.05) is 12.1 Å². The van der Waals surface area contributed by atoms with Crippen molar-refractivity contribution in [2.75, 3.05) is 6.61 Å². The number of carbonyl (C=O) groups excluding carboxylic acids is 1. The number of Topliss-reactive ketones (excluding diaryl/α,β-unsaturated/α-hetero) is 1. The number of ketones is 1. The lowest BCUT2D eigenvalue weighted by Crippen LogP contribution is -3.00. The zero-order chi connectivity index (χ0) is 15.4. The topological polar surface area (TPSA) is 30.2 Å². The van der Waals surface area contributed by atoms with Crippen LogP contribution in [0.1, 0.15) is 17.3 Å². The van der Waals surface area contributed by atoms with Crippen molar-refractivity contribution in [3.8, 4) is 5.75 Å². The first-order valence-corrected chi connectivity index (χ1v) is 7.41. The quantitative estimate of drug-likeness (QED) is 0.480. The molecular weight excluding hydrogens is 354 g/mol. The molecule has 0 amide bonds. The highest BCUT2D eigenvalue weighted by atomic mass is 79.9. The Morgan fingerprint density at radius 2 is 1.70 bits per heavy atom. The van der Waals surface area contributed by atoms with Crippen LogP contribution in [0.3, 0.4) is 0 Å². The van der Waals surface area contributed by atoms with E-state index in [1.807, 2.05) is 78.4 Å². The number of pyridine rings is 1. The van der Waals surface area contributed by atoms with Crippen LogP contribution in [-0.4, -0.2) is 12.4 Å². The Balaban J connectivity index is 0.00000192. The lowest BCUT2D eigenvalue weighted by Gasteiger charge is -2.04. The Hall–Kier alpha value is -2.20. The van der Waals surface area contributed by atoms with Gasteiger partial charge in [0.1, 0.15) is 5.75 Å². The number of hydrogen-bond acceptors (Lipinski definition) is 2. The van der Waals surface area contributed by atoms with Gasteiger partial charge in [0.05, 0.1) is 6.61 Å². The third-order valence-electron chi connectivity index (χ3n) is 3.59. The van der Waals surface area contributed by atoms with Crippen molar-refractivity contribution < 1.29 is 31.1 Å². The highest BCUT2D eigenvalue weighted by Crippen LogP contribution is 2.13. The summed E-state index contributed by atoms with van der Waals surface area (Å²) in [6.45, 7) is 2.89. The van der Waals surface area contributed by atoms with E-state index in [1.54, 1.807) is 0 Å². The second kappa shape index (κ2) is 7.88. The number of fused-ring (bicyclic) bond motifs is 1. The third kappa shape index (κ3) is 3.96. The number of nitrogens with zero attached hydrogens (tertiary/aromatic N) is 1. The van der Waals surface area contributed by atoms with Crippen molar-refractivity contribution in [3.05, 3.63) is 72.4 Å². The lowest BCUT2D eigenvalue weighted by atomic mass is 10.1. The minimum atomic E-state index is 0. The minimum absolute atomic E-state index is 0. The van der Waals surface area contributed by atoms with Gasteiger partial charge in [-0.15, -0.1) is 0 Å². The molecular formula is C19H18BrNO2. The Labute approximate surface area is 146 Å². The average Bonchev–Trinajstić information content (AvgIpc) is 2.56. The van der Waals surface area contributed by atoms with Crippen LogP contribution < -0.4 is 26.3 Å². The number of ether oxygens (including phenoxy) is 1. The van der Waals surface area contributed by atoms with E-state index in [9.17, 15) is 4.79 Å². The molecule has 3 aromatic rings. The molecule has 0 aliphatic heterocycles. The molecule has 4 heteroatoms. The summed E-state index contributed by atoms with van der Waals surface area (Å²) in [6, 6.07) is 19.4. The summed E-state index contributed by atoms with van der Waals surface area (Å²) in [5.74, 6) is 0.876. The van der Waals surface area contributed by atoms with Crippen molar-refractivity contribution >= 4 is 16.7 Å². The van der Waals surface area contributed by atoms with E-state index in [0.29, 0.717) is 18.7 Å². The second-order valence-electron chi connectivity index (χ2n) is 5.08. The Kier molecular flexibility index (Phi) is 5.88. The molecule has 0 aliphatic carbocycles. The SMILES string of the molecule is CCOc1ccc(C(=O)C[n+]2cccc3ccccc32)cc1.[Br-]. The first-order valence-electron chi connectivity index (χ1n) is 7.41. The molecule has 0 N–H and O–H groups in total. The summed E-state index contributed by atoms with van der Waals surface area (Å²) < 4.78 is 7.38. The van der Waals surface area contributed by atoms with E-state index in [4.69, 9.17) is 4.74 Å². The molecule has 0 fully saturated rings. The van der Waals surface area contributed by atoms with Crippen molar-refractivity contribution in [2.24, 2.45) is 0 Å². The third-order valence-corrected chi connectivity index (χ3v) is 3.59. The van der Waals surface area contributed by atoms with Gasteiger partial charge in [-0.25, -0.2) is 0 Å². The van der Waals surface area contributed by atoms with E-state index in [0.717, 1.165) is 16.7 Å². The fourth-order valence-corrected chi connectivity index (χ4v) is 2.51. The standard InChI is InChI=1S/C19H18NO2.BrH/c1-2-22-17-11-9-16(10-12-17)19(21)14-20-13-5-7-15-6-3-4-8-18(15)20;/h3-13H,2,14H2,1H3;1H/q+1;/p-1. The van der Waals surface area contributed by atoms with E-state index >= 15 is 0 Å². The van der Waals surface area contributed by atoms with Gasteiger partial charge in [0.25, 0.3) is 0 Å². The molecule has 1 aromatic heterocycles. The summed E-state index contributed by atoms with van der Waals surface area (Å²) in [5, 5.41) is 1.13. The highest BCUT2D eigenvalue weighted by molar-refractivity contribution is 5.95. The Bertz CT molecular complexity index is 795. The van der Waals surface area contributed by atoms with Gasteiger partial charge in [0, 0.05) is 23.1 Å². The maximum absolute atomic E-state index is 12.5. The van der Waals surface area contributed by atoms with Gasteiger partial charge >= 0.3 is 0 Å². The number of carbonyl (C=O) groups is 1. The van der Waals surface area contributed by atoms with Crippen molar-refractivity contribution in [3.63, 3.8) is 0 Å². The zero-order valence-electron chi connectivity index (χ0n) is 12.9. The molecule has 0 atom stereocenters. The molecule has 3 rings (SSSR count). The van der Waals surface area contributed by atoms with Crippen molar-refractivity contribution in [1.82, 2.24) is 0 Å². The van der Waals surface area contributed by atoms with Crippen molar-refractivity contribution in [2.45, 2.75) is 13.5 Å². The highest BCUT2D eigenvalue weighted by Gasteiger charge is 2.15. The molecule has 0 saturated heterocycles. The van der Waals surface area contributed by atoms with Crippen molar-refractivity contribution in [1.29, 1.82) is 0 Å². The maximum atomic E-state index is 12.5. The predicted octanol–water partition coefficient (Wildman–Crippen LogP) is 0.413. The fraction of sp³-hybridized carbons (Fsp3) is 0.158. The summed E-state index contributed by atoms with van der Waals surface area (Å²) in [4.78, 5) is 12.5. The normalized spacial score (nSPS) is 10.1. The molecule has 0 saturated carbocycles. The molecule has 0 spiro atoms. The van der Waals surface area contributed by atoms with Gasteiger partial charge < -0.3 is 21.7 Å². The molecule has 2 aromatic carbocycles. The first kappa shape index (κ1) is 17.2. The molecule has 1 heterocycles. The summed E-state index contributed by atoms with van der Waals surface area (Å²) >= 11 is 0. The molecule has 3 nitrogen and oxygen atoms in total. The predicted molar refractivity (Wildman–Crippen MR) is 86.1 cm³/mol. The molecule has 0 unspecified atom stereocenters. The fourth-order valence-electron chi connectivity index (χ4n) is 2.51. The lowest BCUT2D eigenvalue weighted by molar-refractivity contribution is -0.657. The summed E-state index contributed by atoms with van der Waals surface area (Å²) in [6.07, 6.45) is 1.94. The first-order chi connectivity index (χ1) is 10.8. The van der Waals surface area contributed by atoms with Gasteiger partial charge in [-0.2, -0.15) is 4.57 Å². The number of hydrogen-bond donors (Lipinski definition) is 0.